The molecule has 1 aromatic heterocycles. The Morgan fingerprint density at radius 3 is 2.59 bits per heavy atom. The molecule has 2 aliphatic rings. The van der Waals surface area contributed by atoms with Gasteiger partial charge in [0.15, 0.2) is 0 Å². The van der Waals surface area contributed by atoms with Crippen molar-refractivity contribution in [2.45, 2.75) is 37.8 Å². The number of rotatable bonds is 3. The summed E-state index contributed by atoms with van der Waals surface area (Å²) in [5.41, 5.74) is 1.03. The first-order valence-corrected chi connectivity index (χ1v) is 7.61. The SMILES string of the molecule is CC1(Cc2ccccc2)OC(=O)c2c1ccn(C1CC1)c2=O. The smallest absolute Gasteiger partial charge is 0.345 e. The average molecular weight is 295 g/mol. The monoisotopic (exact) mass is 295 g/mol. The number of cyclic esters (lactones) is 1. The molecule has 1 fully saturated rings. The highest BCUT2D eigenvalue weighted by atomic mass is 16.6. The van der Waals surface area contributed by atoms with Crippen LogP contribution in [0.15, 0.2) is 47.4 Å². The van der Waals surface area contributed by atoms with Crippen LogP contribution in [0.2, 0.25) is 0 Å². The average Bonchev–Trinajstić information content (AvgIpc) is 3.28. The first-order chi connectivity index (χ1) is 10.6. The highest BCUT2D eigenvalue weighted by molar-refractivity contribution is 5.94. The zero-order valence-corrected chi connectivity index (χ0v) is 12.4. The Kier molecular flexibility index (Phi) is 2.76. The van der Waals surface area contributed by atoms with Gasteiger partial charge in [-0.3, -0.25) is 4.79 Å². The fourth-order valence-electron chi connectivity index (χ4n) is 3.26. The fourth-order valence-corrected chi connectivity index (χ4v) is 3.26. The predicted octanol–water partition coefficient (Wildman–Crippen LogP) is 2.81. The van der Waals surface area contributed by atoms with Gasteiger partial charge in [0, 0.05) is 24.2 Å². The lowest BCUT2D eigenvalue weighted by molar-refractivity contribution is 0.00115. The molecule has 2 aromatic rings. The normalized spacial score (nSPS) is 23.2. The van der Waals surface area contributed by atoms with E-state index in [4.69, 9.17) is 4.74 Å². The van der Waals surface area contributed by atoms with Gasteiger partial charge < -0.3 is 9.30 Å². The zero-order valence-electron chi connectivity index (χ0n) is 12.4. The van der Waals surface area contributed by atoms with Crippen LogP contribution in [-0.2, 0) is 16.8 Å². The fraction of sp³-hybridized carbons (Fsp3) is 0.333. The molecular weight excluding hydrogens is 278 g/mol. The van der Waals surface area contributed by atoms with Crippen molar-refractivity contribution in [3.63, 3.8) is 0 Å². The number of carbonyl (C=O) groups excluding carboxylic acids is 1. The molecule has 1 unspecified atom stereocenters. The van der Waals surface area contributed by atoms with Gasteiger partial charge in [-0.15, -0.1) is 0 Å². The summed E-state index contributed by atoms with van der Waals surface area (Å²) in [4.78, 5) is 24.8. The number of carbonyl (C=O) groups is 1. The Bertz CT molecular complexity index is 805. The molecule has 0 N–H and O–H groups in total. The van der Waals surface area contributed by atoms with E-state index in [1.165, 1.54) is 0 Å². The lowest BCUT2D eigenvalue weighted by atomic mass is 9.89. The van der Waals surface area contributed by atoms with Gasteiger partial charge in [-0.25, -0.2) is 4.79 Å². The number of benzene rings is 1. The van der Waals surface area contributed by atoms with Gasteiger partial charge in [-0.2, -0.15) is 0 Å². The molecule has 4 rings (SSSR count). The second-order valence-corrected chi connectivity index (χ2v) is 6.33. The van der Waals surface area contributed by atoms with Crippen LogP contribution in [0, 0.1) is 0 Å². The van der Waals surface area contributed by atoms with Crippen molar-refractivity contribution < 1.29 is 9.53 Å². The number of aromatic nitrogens is 1. The summed E-state index contributed by atoms with van der Waals surface area (Å²) in [6.07, 6.45) is 4.40. The Hall–Kier alpha value is -2.36. The van der Waals surface area contributed by atoms with Crippen molar-refractivity contribution in [3.05, 3.63) is 69.6 Å². The van der Waals surface area contributed by atoms with Crippen LogP contribution < -0.4 is 5.56 Å². The van der Waals surface area contributed by atoms with E-state index < -0.39 is 11.6 Å². The van der Waals surface area contributed by atoms with E-state index in [9.17, 15) is 9.59 Å². The highest BCUT2D eigenvalue weighted by Gasteiger charge is 2.44. The number of hydrogen-bond acceptors (Lipinski definition) is 3. The van der Waals surface area contributed by atoms with E-state index >= 15 is 0 Å². The second-order valence-electron chi connectivity index (χ2n) is 6.33. The van der Waals surface area contributed by atoms with Crippen molar-refractivity contribution in [1.29, 1.82) is 0 Å². The molecule has 1 aliphatic carbocycles. The van der Waals surface area contributed by atoms with Crippen molar-refractivity contribution >= 4 is 5.97 Å². The van der Waals surface area contributed by atoms with Gasteiger partial charge in [0.05, 0.1) is 0 Å². The van der Waals surface area contributed by atoms with Crippen molar-refractivity contribution in [3.8, 4) is 0 Å². The van der Waals surface area contributed by atoms with Gasteiger partial charge >= 0.3 is 5.97 Å². The molecule has 0 radical (unpaired) electrons. The number of hydrogen-bond donors (Lipinski definition) is 0. The Labute approximate surface area is 128 Å². The van der Waals surface area contributed by atoms with Crippen LogP contribution in [0.1, 0.15) is 47.3 Å². The molecule has 0 bridgehead atoms. The molecule has 4 heteroatoms. The van der Waals surface area contributed by atoms with Gasteiger partial charge in [-0.1, -0.05) is 30.3 Å². The molecule has 22 heavy (non-hydrogen) atoms. The number of esters is 1. The van der Waals surface area contributed by atoms with E-state index in [2.05, 4.69) is 0 Å². The van der Waals surface area contributed by atoms with Gasteiger partial charge in [0.1, 0.15) is 11.2 Å². The maximum Gasteiger partial charge on any atom is 0.345 e. The summed E-state index contributed by atoms with van der Waals surface area (Å²) in [5.74, 6) is -0.492. The number of pyridine rings is 1. The van der Waals surface area contributed by atoms with Crippen molar-refractivity contribution in [1.82, 2.24) is 4.57 Å². The van der Waals surface area contributed by atoms with Crippen LogP contribution in [-0.4, -0.2) is 10.5 Å². The molecule has 1 aromatic carbocycles. The third kappa shape index (κ3) is 1.98. The molecule has 1 aliphatic heterocycles. The van der Waals surface area contributed by atoms with Gasteiger partial charge in [0.2, 0.25) is 0 Å². The minimum atomic E-state index is -0.768. The number of fused-ring (bicyclic) bond motifs is 1. The first kappa shape index (κ1) is 13.3. The summed E-state index contributed by atoms with van der Waals surface area (Å²) in [6.45, 7) is 1.88. The quantitative estimate of drug-likeness (QED) is 0.818. The van der Waals surface area contributed by atoms with E-state index in [-0.39, 0.29) is 17.2 Å². The second kappa shape index (κ2) is 4.57. The summed E-state index contributed by atoms with van der Waals surface area (Å²) in [6, 6.07) is 12.0. The van der Waals surface area contributed by atoms with Crippen molar-refractivity contribution in [2.24, 2.45) is 0 Å². The summed E-state index contributed by atoms with van der Waals surface area (Å²) >= 11 is 0. The third-order valence-corrected chi connectivity index (χ3v) is 4.54. The van der Waals surface area contributed by atoms with Gasteiger partial charge in [0.25, 0.3) is 5.56 Å². The zero-order chi connectivity index (χ0) is 15.3. The van der Waals surface area contributed by atoms with Crippen molar-refractivity contribution in [2.75, 3.05) is 0 Å². The minimum Gasteiger partial charge on any atom is -0.450 e. The molecule has 1 saturated carbocycles. The molecule has 0 saturated heterocycles. The molecular formula is C18H17NO3. The Morgan fingerprint density at radius 2 is 1.91 bits per heavy atom. The highest BCUT2D eigenvalue weighted by Crippen LogP contribution is 2.39. The number of ether oxygens (including phenoxy) is 1. The first-order valence-electron chi connectivity index (χ1n) is 7.61. The Balaban J connectivity index is 1.79. The third-order valence-electron chi connectivity index (χ3n) is 4.54. The largest absolute Gasteiger partial charge is 0.450 e. The maximum absolute atomic E-state index is 12.6. The molecule has 0 amide bonds. The van der Waals surface area contributed by atoms with E-state index in [1.54, 1.807) is 4.57 Å². The van der Waals surface area contributed by atoms with E-state index in [0.717, 1.165) is 18.4 Å². The van der Waals surface area contributed by atoms with Crippen LogP contribution >= 0.6 is 0 Å². The van der Waals surface area contributed by atoms with E-state index in [0.29, 0.717) is 12.0 Å². The van der Waals surface area contributed by atoms with E-state index in [1.807, 2.05) is 49.5 Å². The van der Waals surface area contributed by atoms with Gasteiger partial charge in [-0.05, 0) is 31.4 Å². The maximum atomic E-state index is 12.6. The lowest BCUT2D eigenvalue weighted by Gasteiger charge is -2.24. The molecule has 0 spiro atoms. The number of nitrogens with zero attached hydrogens (tertiary/aromatic N) is 1. The molecule has 1 atom stereocenters. The standard InChI is InChI=1S/C18H17NO3/c1-18(11-12-5-3-2-4-6-12)14-9-10-19(13-7-8-13)16(20)15(14)17(21)22-18/h2-6,9-10,13H,7-8,11H2,1H3. The molecule has 4 nitrogen and oxygen atoms in total. The summed E-state index contributed by atoms with van der Waals surface area (Å²) in [7, 11) is 0. The molecule has 2 heterocycles. The lowest BCUT2D eigenvalue weighted by Crippen LogP contribution is -2.27. The molecule has 112 valence electrons. The predicted molar refractivity (Wildman–Crippen MR) is 81.9 cm³/mol. The summed E-state index contributed by atoms with van der Waals surface area (Å²) in [5, 5.41) is 0. The topological polar surface area (TPSA) is 48.3 Å². The minimum absolute atomic E-state index is 0.207. The summed E-state index contributed by atoms with van der Waals surface area (Å²) < 4.78 is 7.28. The van der Waals surface area contributed by atoms with Crippen LogP contribution in [0.5, 0.6) is 0 Å². The van der Waals surface area contributed by atoms with Crippen LogP contribution in [0.4, 0.5) is 0 Å². The Morgan fingerprint density at radius 1 is 1.18 bits per heavy atom. The van der Waals surface area contributed by atoms with Crippen LogP contribution in [0.3, 0.4) is 0 Å². The van der Waals surface area contributed by atoms with Crippen LogP contribution in [0.25, 0.3) is 0 Å².